The predicted octanol–water partition coefficient (Wildman–Crippen LogP) is 3.98. The van der Waals surface area contributed by atoms with Gasteiger partial charge in [0, 0.05) is 30.7 Å². The molecule has 2 aromatic carbocycles. The molecule has 0 bridgehead atoms. The van der Waals surface area contributed by atoms with Crippen LogP contribution in [-0.2, 0) is 13.1 Å². The number of aromatic nitrogens is 2. The zero-order valence-electron chi connectivity index (χ0n) is 14.7. The molecule has 26 heavy (non-hydrogen) atoms. The molecule has 1 aromatic heterocycles. The van der Waals surface area contributed by atoms with Crippen molar-refractivity contribution in [1.29, 1.82) is 0 Å². The van der Waals surface area contributed by atoms with Crippen molar-refractivity contribution in [1.82, 2.24) is 19.8 Å². The number of nitrogens with zero attached hydrogens (tertiary/aromatic N) is 3. The molecule has 0 fully saturated rings. The first-order chi connectivity index (χ1) is 12.5. The van der Waals surface area contributed by atoms with Crippen LogP contribution in [0.25, 0.3) is 11.0 Å². The molecule has 0 atom stereocenters. The largest absolute Gasteiger partial charge is 0.336 e. The number of aryl methyl sites for hydroxylation is 1. The number of hydrogen-bond donors (Lipinski definition) is 1. The molecule has 0 saturated carbocycles. The standard InChI is InChI=1S/C19H20ClFN4O/c1-13-23-17-8-3-4-9-18(17)25(13)11-10-22-19(26)24(2)12-14-15(20)6-5-7-16(14)21/h3-9H,10-12H2,1-2H3,(H,22,26). The van der Waals surface area contributed by atoms with Gasteiger partial charge in [-0.15, -0.1) is 0 Å². The van der Waals surface area contributed by atoms with E-state index in [1.807, 2.05) is 31.2 Å². The van der Waals surface area contributed by atoms with E-state index in [4.69, 9.17) is 11.6 Å². The van der Waals surface area contributed by atoms with Crippen molar-refractivity contribution in [3.8, 4) is 0 Å². The average molecular weight is 375 g/mol. The second-order valence-corrected chi connectivity index (χ2v) is 6.49. The van der Waals surface area contributed by atoms with Crippen molar-refractivity contribution in [2.45, 2.75) is 20.0 Å². The van der Waals surface area contributed by atoms with Gasteiger partial charge in [-0.05, 0) is 31.2 Å². The third-order valence-corrected chi connectivity index (χ3v) is 4.61. The van der Waals surface area contributed by atoms with Gasteiger partial charge in [0.15, 0.2) is 0 Å². The third-order valence-electron chi connectivity index (χ3n) is 4.26. The molecule has 5 nitrogen and oxygen atoms in total. The van der Waals surface area contributed by atoms with Crippen LogP contribution in [0.3, 0.4) is 0 Å². The van der Waals surface area contributed by atoms with Gasteiger partial charge in [0.25, 0.3) is 0 Å². The minimum absolute atomic E-state index is 0.102. The Bertz CT molecular complexity index is 920. The fraction of sp³-hybridized carbons (Fsp3) is 0.263. The highest BCUT2D eigenvalue weighted by atomic mass is 35.5. The van der Waals surface area contributed by atoms with Gasteiger partial charge in [0.1, 0.15) is 11.6 Å². The van der Waals surface area contributed by atoms with E-state index >= 15 is 0 Å². The first-order valence-corrected chi connectivity index (χ1v) is 8.69. The average Bonchev–Trinajstić information content (AvgIpc) is 2.93. The zero-order chi connectivity index (χ0) is 18.7. The van der Waals surface area contributed by atoms with Crippen molar-refractivity contribution in [3.05, 3.63) is 64.7 Å². The van der Waals surface area contributed by atoms with Gasteiger partial charge in [-0.25, -0.2) is 14.2 Å². The lowest BCUT2D eigenvalue weighted by Gasteiger charge is -2.19. The maximum Gasteiger partial charge on any atom is 0.317 e. The zero-order valence-corrected chi connectivity index (χ0v) is 15.4. The molecular weight excluding hydrogens is 355 g/mol. The van der Waals surface area contributed by atoms with Crippen LogP contribution in [0.2, 0.25) is 5.02 Å². The van der Waals surface area contributed by atoms with Crippen LogP contribution in [0.1, 0.15) is 11.4 Å². The Morgan fingerprint density at radius 3 is 2.81 bits per heavy atom. The Balaban J connectivity index is 1.59. The number of nitrogens with one attached hydrogen (secondary N) is 1. The monoisotopic (exact) mass is 374 g/mol. The number of carbonyl (C=O) groups excluding carboxylic acids is 1. The van der Waals surface area contributed by atoms with E-state index in [2.05, 4.69) is 14.9 Å². The summed E-state index contributed by atoms with van der Waals surface area (Å²) in [6.45, 7) is 3.08. The topological polar surface area (TPSA) is 50.2 Å². The van der Waals surface area contributed by atoms with Gasteiger partial charge in [-0.2, -0.15) is 0 Å². The number of para-hydroxylation sites is 2. The minimum Gasteiger partial charge on any atom is -0.336 e. The van der Waals surface area contributed by atoms with Crippen molar-refractivity contribution in [2.75, 3.05) is 13.6 Å². The molecule has 0 aliphatic carbocycles. The van der Waals surface area contributed by atoms with Crippen molar-refractivity contribution < 1.29 is 9.18 Å². The smallest absolute Gasteiger partial charge is 0.317 e. The van der Waals surface area contributed by atoms with Crippen molar-refractivity contribution in [3.63, 3.8) is 0 Å². The molecule has 7 heteroatoms. The molecule has 1 N–H and O–H groups in total. The number of carbonyl (C=O) groups is 1. The highest BCUT2D eigenvalue weighted by molar-refractivity contribution is 6.31. The van der Waals surface area contributed by atoms with E-state index in [-0.39, 0.29) is 12.6 Å². The summed E-state index contributed by atoms with van der Waals surface area (Å²) in [5, 5.41) is 3.15. The molecule has 0 aliphatic rings. The molecule has 0 radical (unpaired) electrons. The van der Waals surface area contributed by atoms with E-state index in [0.29, 0.717) is 23.7 Å². The number of halogens is 2. The Morgan fingerprint density at radius 2 is 2.04 bits per heavy atom. The van der Waals surface area contributed by atoms with Crippen LogP contribution in [-0.4, -0.2) is 34.1 Å². The fourth-order valence-electron chi connectivity index (χ4n) is 2.88. The molecular formula is C19H20ClFN4O. The molecule has 0 aliphatic heterocycles. The van der Waals surface area contributed by atoms with Gasteiger partial charge in [-0.1, -0.05) is 29.8 Å². The quantitative estimate of drug-likeness (QED) is 0.734. The summed E-state index contributed by atoms with van der Waals surface area (Å²) in [7, 11) is 1.61. The second-order valence-electron chi connectivity index (χ2n) is 6.09. The number of benzene rings is 2. The lowest BCUT2D eigenvalue weighted by molar-refractivity contribution is 0.206. The van der Waals surface area contributed by atoms with E-state index < -0.39 is 5.82 Å². The van der Waals surface area contributed by atoms with Crippen molar-refractivity contribution in [2.24, 2.45) is 0 Å². The summed E-state index contributed by atoms with van der Waals surface area (Å²) >= 11 is 6.01. The van der Waals surface area contributed by atoms with Crippen LogP contribution in [0.5, 0.6) is 0 Å². The van der Waals surface area contributed by atoms with Gasteiger partial charge >= 0.3 is 6.03 Å². The second kappa shape index (κ2) is 7.74. The minimum atomic E-state index is -0.419. The highest BCUT2D eigenvalue weighted by Crippen LogP contribution is 2.20. The van der Waals surface area contributed by atoms with Gasteiger partial charge in [0.05, 0.1) is 17.6 Å². The van der Waals surface area contributed by atoms with Gasteiger partial charge < -0.3 is 14.8 Å². The van der Waals surface area contributed by atoms with Crippen LogP contribution >= 0.6 is 11.6 Å². The summed E-state index contributed by atoms with van der Waals surface area (Å²) in [6.07, 6.45) is 0. The Hall–Kier alpha value is -2.60. The maximum atomic E-state index is 13.9. The number of fused-ring (bicyclic) bond motifs is 1. The lowest BCUT2D eigenvalue weighted by atomic mass is 10.2. The first kappa shape index (κ1) is 18.2. The van der Waals surface area contributed by atoms with E-state index in [1.165, 1.54) is 11.0 Å². The number of rotatable bonds is 5. The van der Waals surface area contributed by atoms with Gasteiger partial charge in [0.2, 0.25) is 0 Å². The van der Waals surface area contributed by atoms with E-state index in [9.17, 15) is 9.18 Å². The molecule has 1 heterocycles. The normalized spacial score (nSPS) is 10.9. The summed E-state index contributed by atoms with van der Waals surface area (Å²) in [5.74, 6) is 0.476. The SMILES string of the molecule is Cc1nc2ccccc2n1CCNC(=O)N(C)Cc1c(F)cccc1Cl. The molecule has 3 rings (SSSR count). The molecule has 0 spiro atoms. The maximum absolute atomic E-state index is 13.9. The molecule has 2 amide bonds. The van der Waals surface area contributed by atoms with Crippen LogP contribution < -0.4 is 5.32 Å². The summed E-state index contributed by atoms with van der Waals surface area (Å²) in [5.41, 5.74) is 2.27. The summed E-state index contributed by atoms with van der Waals surface area (Å²) < 4.78 is 15.9. The third kappa shape index (κ3) is 3.80. The summed E-state index contributed by atoms with van der Waals surface area (Å²) in [6, 6.07) is 12.1. The van der Waals surface area contributed by atoms with E-state index in [0.717, 1.165) is 16.9 Å². The van der Waals surface area contributed by atoms with Crippen LogP contribution in [0, 0.1) is 12.7 Å². The van der Waals surface area contributed by atoms with E-state index in [1.54, 1.807) is 19.2 Å². The fourth-order valence-corrected chi connectivity index (χ4v) is 3.10. The lowest BCUT2D eigenvalue weighted by Crippen LogP contribution is -2.38. The first-order valence-electron chi connectivity index (χ1n) is 8.31. The van der Waals surface area contributed by atoms with Gasteiger partial charge in [-0.3, -0.25) is 0 Å². The molecule has 0 unspecified atom stereocenters. The Morgan fingerprint density at radius 1 is 1.27 bits per heavy atom. The summed E-state index contributed by atoms with van der Waals surface area (Å²) in [4.78, 5) is 18.2. The van der Waals surface area contributed by atoms with Crippen molar-refractivity contribution >= 4 is 28.7 Å². The molecule has 3 aromatic rings. The number of urea groups is 1. The predicted molar refractivity (Wildman–Crippen MR) is 101 cm³/mol. The Kier molecular flexibility index (Phi) is 5.42. The van der Waals surface area contributed by atoms with Crippen LogP contribution in [0.4, 0.5) is 9.18 Å². The molecule has 0 saturated heterocycles. The molecule has 136 valence electrons. The Labute approximate surface area is 156 Å². The number of imidazole rings is 1. The highest BCUT2D eigenvalue weighted by Gasteiger charge is 2.14. The number of amides is 2. The van der Waals surface area contributed by atoms with Crippen LogP contribution in [0.15, 0.2) is 42.5 Å². The number of hydrogen-bond acceptors (Lipinski definition) is 2.